The monoisotopic (exact) mass is 486 g/mol. The summed E-state index contributed by atoms with van der Waals surface area (Å²) in [6.07, 6.45) is 1.88. The maximum absolute atomic E-state index is 13.6. The summed E-state index contributed by atoms with van der Waals surface area (Å²) in [5, 5.41) is 1.94. The first-order valence-corrected chi connectivity index (χ1v) is 12.5. The number of allylic oxidation sites excluding steroid dienone is 1. The van der Waals surface area contributed by atoms with E-state index >= 15 is 0 Å². The van der Waals surface area contributed by atoms with Crippen LogP contribution in [0.3, 0.4) is 0 Å². The summed E-state index contributed by atoms with van der Waals surface area (Å²) in [6, 6.07) is 20.8. The molecule has 4 aromatic rings. The highest BCUT2D eigenvalue weighted by molar-refractivity contribution is 7.10. The molecule has 7 heteroatoms. The quantitative estimate of drug-likeness (QED) is 0.394. The topological polar surface area (TPSA) is 60.7 Å². The molecule has 0 N–H and O–H groups in total. The summed E-state index contributed by atoms with van der Waals surface area (Å²) in [7, 11) is 0. The van der Waals surface area contributed by atoms with Crippen LogP contribution < -0.4 is 14.9 Å². The molecule has 5 rings (SSSR count). The molecule has 0 saturated carbocycles. The number of ether oxygens (including phenoxy) is 1. The summed E-state index contributed by atoms with van der Waals surface area (Å²) in [5.41, 5.74) is 3.81. The molecular weight excluding hydrogens is 464 g/mol. The van der Waals surface area contributed by atoms with Crippen LogP contribution in [0.2, 0.25) is 0 Å². The molecule has 0 spiro atoms. The summed E-state index contributed by atoms with van der Waals surface area (Å²) >= 11 is 2.84. The minimum atomic E-state index is -0.570. The van der Waals surface area contributed by atoms with Crippen molar-refractivity contribution in [3.8, 4) is 0 Å². The first kappa shape index (κ1) is 22.3. The van der Waals surface area contributed by atoms with Gasteiger partial charge >= 0.3 is 5.97 Å². The predicted octanol–water partition coefficient (Wildman–Crippen LogP) is 4.35. The van der Waals surface area contributed by atoms with Gasteiger partial charge in [0, 0.05) is 4.88 Å². The highest BCUT2D eigenvalue weighted by atomic mass is 32.1. The zero-order valence-electron chi connectivity index (χ0n) is 18.7. The SMILES string of the molecule is CC1=C(C(=O)OCc2ccccc2)C(c2cccs2)n2c(s/c(=C/c3ccc(C)cc3)c2=O)=N1. The maximum atomic E-state index is 13.6. The van der Waals surface area contributed by atoms with Crippen molar-refractivity contribution in [2.75, 3.05) is 0 Å². The Labute approximate surface area is 204 Å². The van der Waals surface area contributed by atoms with Gasteiger partial charge in [0.1, 0.15) is 12.6 Å². The molecule has 0 radical (unpaired) electrons. The third-order valence-electron chi connectivity index (χ3n) is 5.64. The average molecular weight is 487 g/mol. The molecule has 0 bridgehead atoms. The minimum absolute atomic E-state index is 0.158. The number of rotatable bonds is 5. The van der Waals surface area contributed by atoms with Gasteiger partial charge in [0.05, 0.1) is 15.8 Å². The van der Waals surface area contributed by atoms with Gasteiger partial charge in [0.25, 0.3) is 5.56 Å². The molecule has 3 heterocycles. The molecule has 2 aromatic carbocycles. The summed E-state index contributed by atoms with van der Waals surface area (Å²) in [5.74, 6) is -0.462. The van der Waals surface area contributed by atoms with Crippen LogP contribution in [-0.4, -0.2) is 10.5 Å². The van der Waals surface area contributed by atoms with Gasteiger partial charge in [-0.3, -0.25) is 9.36 Å². The van der Waals surface area contributed by atoms with Gasteiger partial charge in [-0.2, -0.15) is 0 Å². The van der Waals surface area contributed by atoms with Crippen molar-refractivity contribution >= 4 is 34.7 Å². The van der Waals surface area contributed by atoms with Crippen LogP contribution in [0.15, 0.2) is 93.2 Å². The Balaban J connectivity index is 1.58. The van der Waals surface area contributed by atoms with Gasteiger partial charge in [-0.25, -0.2) is 9.79 Å². The second kappa shape index (κ2) is 9.37. The number of hydrogen-bond acceptors (Lipinski definition) is 6. The second-order valence-corrected chi connectivity index (χ2v) is 10.1. The zero-order chi connectivity index (χ0) is 23.7. The fourth-order valence-electron chi connectivity index (χ4n) is 3.91. The van der Waals surface area contributed by atoms with Crippen molar-refractivity contribution in [3.05, 3.63) is 125 Å². The molecule has 0 saturated heterocycles. The van der Waals surface area contributed by atoms with Crippen LogP contribution in [-0.2, 0) is 16.1 Å². The Morgan fingerprint density at radius 2 is 1.82 bits per heavy atom. The number of fused-ring (bicyclic) bond motifs is 1. The van der Waals surface area contributed by atoms with E-state index in [1.54, 1.807) is 11.5 Å². The van der Waals surface area contributed by atoms with Gasteiger partial charge in [-0.1, -0.05) is 77.6 Å². The number of aromatic nitrogens is 1. The molecular formula is C27H22N2O3S2. The number of aryl methyl sites for hydroxylation is 1. The first-order chi connectivity index (χ1) is 16.5. The number of hydrogen-bond donors (Lipinski definition) is 0. The van der Waals surface area contributed by atoms with Crippen molar-refractivity contribution in [1.82, 2.24) is 4.57 Å². The molecule has 0 aliphatic carbocycles. The van der Waals surface area contributed by atoms with Crippen LogP contribution in [0.1, 0.15) is 34.5 Å². The van der Waals surface area contributed by atoms with Crippen molar-refractivity contribution < 1.29 is 9.53 Å². The molecule has 1 unspecified atom stereocenters. The number of esters is 1. The zero-order valence-corrected chi connectivity index (χ0v) is 20.4. The molecule has 34 heavy (non-hydrogen) atoms. The lowest BCUT2D eigenvalue weighted by Gasteiger charge is -2.23. The molecule has 5 nitrogen and oxygen atoms in total. The van der Waals surface area contributed by atoms with Gasteiger partial charge < -0.3 is 4.74 Å². The van der Waals surface area contributed by atoms with E-state index in [0.717, 1.165) is 21.6 Å². The Morgan fingerprint density at radius 1 is 1.06 bits per heavy atom. The third-order valence-corrected chi connectivity index (χ3v) is 7.55. The first-order valence-electron chi connectivity index (χ1n) is 10.8. The molecule has 170 valence electrons. The highest BCUT2D eigenvalue weighted by Gasteiger charge is 2.34. The molecule has 1 aliphatic rings. The average Bonchev–Trinajstić information content (AvgIpc) is 3.47. The van der Waals surface area contributed by atoms with Gasteiger partial charge in [0.2, 0.25) is 0 Å². The normalized spacial score (nSPS) is 15.7. The minimum Gasteiger partial charge on any atom is -0.457 e. The predicted molar refractivity (Wildman–Crippen MR) is 136 cm³/mol. The van der Waals surface area contributed by atoms with Crippen molar-refractivity contribution in [2.24, 2.45) is 4.99 Å². The summed E-state index contributed by atoms with van der Waals surface area (Å²) in [6.45, 7) is 3.99. The number of thiazole rings is 1. The molecule has 1 aliphatic heterocycles. The Hall–Kier alpha value is -3.55. The summed E-state index contributed by atoms with van der Waals surface area (Å²) < 4.78 is 7.87. The lowest BCUT2D eigenvalue weighted by Crippen LogP contribution is -2.39. The molecule has 0 amide bonds. The van der Waals surface area contributed by atoms with Gasteiger partial charge in [-0.15, -0.1) is 11.3 Å². The molecule has 0 fully saturated rings. The Morgan fingerprint density at radius 3 is 2.53 bits per heavy atom. The van der Waals surface area contributed by atoms with E-state index in [9.17, 15) is 9.59 Å². The highest BCUT2D eigenvalue weighted by Crippen LogP contribution is 2.33. The van der Waals surface area contributed by atoms with E-state index in [-0.39, 0.29) is 12.2 Å². The number of nitrogens with zero attached hydrogens (tertiary/aromatic N) is 2. The number of carbonyl (C=O) groups is 1. The van der Waals surface area contributed by atoms with Gasteiger partial charge in [-0.05, 0) is 42.5 Å². The fraction of sp³-hybridized carbons (Fsp3) is 0.148. The summed E-state index contributed by atoms with van der Waals surface area (Å²) in [4.78, 5) is 33.0. The third kappa shape index (κ3) is 4.32. The largest absolute Gasteiger partial charge is 0.457 e. The van der Waals surface area contributed by atoms with Crippen LogP contribution >= 0.6 is 22.7 Å². The van der Waals surface area contributed by atoms with E-state index in [2.05, 4.69) is 4.99 Å². The van der Waals surface area contributed by atoms with Crippen molar-refractivity contribution in [1.29, 1.82) is 0 Å². The smallest absolute Gasteiger partial charge is 0.338 e. The number of benzene rings is 2. The molecule has 2 aromatic heterocycles. The second-order valence-electron chi connectivity index (χ2n) is 8.07. The lowest BCUT2D eigenvalue weighted by atomic mass is 10.0. The lowest BCUT2D eigenvalue weighted by molar-refractivity contribution is -0.140. The standard InChI is InChI=1S/C27H22N2O3S2/c1-17-10-12-19(13-11-17)15-22-25(30)29-24(21-9-6-14-33-21)23(18(2)28-27(29)34-22)26(31)32-16-20-7-4-3-5-8-20/h3-15,24H,16H2,1-2H3/b22-15+. The maximum Gasteiger partial charge on any atom is 0.338 e. The van der Waals surface area contributed by atoms with Crippen molar-refractivity contribution in [3.63, 3.8) is 0 Å². The van der Waals surface area contributed by atoms with E-state index in [0.29, 0.717) is 20.6 Å². The van der Waals surface area contributed by atoms with Crippen LogP contribution in [0.5, 0.6) is 0 Å². The fourth-order valence-corrected chi connectivity index (χ4v) is 5.78. The van der Waals surface area contributed by atoms with E-state index < -0.39 is 12.0 Å². The van der Waals surface area contributed by atoms with Crippen molar-refractivity contribution in [2.45, 2.75) is 26.5 Å². The van der Waals surface area contributed by atoms with Gasteiger partial charge in [0.15, 0.2) is 4.80 Å². The number of carbonyl (C=O) groups excluding carboxylic acids is 1. The van der Waals surface area contributed by atoms with Crippen LogP contribution in [0, 0.1) is 6.92 Å². The molecule has 1 atom stereocenters. The van der Waals surface area contributed by atoms with Crippen LogP contribution in [0.25, 0.3) is 6.08 Å². The van der Waals surface area contributed by atoms with E-state index in [1.807, 2.05) is 85.1 Å². The van der Waals surface area contributed by atoms with E-state index in [1.165, 1.54) is 22.7 Å². The van der Waals surface area contributed by atoms with E-state index in [4.69, 9.17) is 4.74 Å². The Kier molecular flexibility index (Phi) is 6.13. The Bertz CT molecular complexity index is 1540. The number of thiophene rings is 1. The van der Waals surface area contributed by atoms with Crippen LogP contribution in [0.4, 0.5) is 0 Å².